The van der Waals surface area contributed by atoms with Crippen LogP contribution in [0.2, 0.25) is 0 Å². The minimum Gasteiger partial charge on any atom is -0.316 e. The van der Waals surface area contributed by atoms with E-state index in [-0.39, 0.29) is 0 Å². The summed E-state index contributed by atoms with van der Waals surface area (Å²) in [7, 11) is 0. The van der Waals surface area contributed by atoms with Gasteiger partial charge in [0, 0.05) is 18.1 Å². The maximum atomic E-state index is 4.43. The van der Waals surface area contributed by atoms with E-state index in [1.54, 1.807) is 0 Å². The van der Waals surface area contributed by atoms with Gasteiger partial charge in [0.05, 0.1) is 5.52 Å². The standard InChI is InChI=1S/C14H16N2/c1-10-6-13-7-11(12-4-5-15-9-12)2-3-14(13)16-8-10/h2-3,6-8,12,15H,4-5,9H2,1H3. The summed E-state index contributed by atoms with van der Waals surface area (Å²) in [5.74, 6) is 0.685. The Morgan fingerprint density at radius 2 is 2.25 bits per heavy atom. The summed E-state index contributed by atoms with van der Waals surface area (Å²) in [6.45, 7) is 4.36. The van der Waals surface area contributed by atoms with Crippen molar-refractivity contribution in [2.45, 2.75) is 19.3 Å². The molecule has 2 nitrogen and oxygen atoms in total. The molecule has 3 rings (SSSR count). The smallest absolute Gasteiger partial charge is 0.0702 e. The highest BCUT2D eigenvalue weighted by atomic mass is 14.9. The highest BCUT2D eigenvalue weighted by Gasteiger charge is 2.16. The van der Waals surface area contributed by atoms with E-state index in [2.05, 4.69) is 41.5 Å². The maximum absolute atomic E-state index is 4.43. The van der Waals surface area contributed by atoms with Crippen LogP contribution in [0.3, 0.4) is 0 Å². The Balaban J connectivity index is 2.07. The molecule has 0 aliphatic carbocycles. The predicted octanol–water partition coefficient (Wildman–Crippen LogP) is 2.62. The highest BCUT2D eigenvalue weighted by molar-refractivity contribution is 5.79. The Morgan fingerprint density at radius 3 is 3.06 bits per heavy atom. The SMILES string of the molecule is Cc1cnc2ccc(C3CCNC3)cc2c1. The fraction of sp³-hybridized carbons (Fsp3) is 0.357. The van der Waals surface area contributed by atoms with Crippen LogP contribution < -0.4 is 5.32 Å². The van der Waals surface area contributed by atoms with Crippen molar-refractivity contribution in [1.29, 1.82) is 0 Å². The summed E-state index contributed by atoms with van der Waals surface area (Å²) in [5.41, 5.74) is 3.78. The van der Waals surface area contributed by atoms with Gasteiger partial charge in [0.15, 0.2) is 0 Å². The van der Waals surface area contributed by atoms with E-state index in [1.807, 2.05) is 6.20 Å². The minimum absolute atomic E-state index is 0.685. The summed E-state index contributed by atoms with van der Waals surface area (Å²) >= 11 is 0. The summed E-state index contributed by atoms with van der Waals surface area (Å²) in [6.07, 6.45) is 3.18. The quantitative estimate of drug-likeness (QED) is 0.786. The van der Waals surface area contributed by atoms with Gasteiger partial charge in [0.2, 0.25) is 0 Å². The van der Waals surface area contributed by atoms with Crippen LogP contribution in [0, 0.1) is 6.92 Å². The van der Waals surface area contributed by atoms with E-state index in [9.17, 15) is 0 Å². The fourth-order valence-electron chi connectivity index (χ4n) is 2.45. The molecule has 0 bridgehead atoms. The summed E-state index contributed by atoms with van der Waals surface area (Å²) in [6, 6.07) is 8.88. The van der Waals surface area contributed by atoms with Crippen LogP contribution in [0.1, 0.15) is 23.5 Å². The molecule has 1 aromatic carbocycles. The Hall–Kier alpha value is -1.41. The van der Waals surface area contributed by atoms with E-state index in [0.717, 1.165) is 18.6 Å². The zero-order valence-electron chi connectivity index (χ0n) is 9.53. The second-order valence-corrected chi connectivity index (χ2v) is 4.65. The Labute approximate surface area is 95.7 Å². The third kappa shape index (κ3) is 1.69. The third-order valence-electron chi connectivity index (χ3n) is 3.37. The Kier molecular flexibility index (Phi) is 2.37. The lowest BCUT2D eigenvalue weighted by Gasteiger charge is -2.09. The van der Waals surface area contributed by atoms with Gasteiger partial charge in [-0.15, -0.1) is 0 Å². The van der Waals surface area contributed by atoms with Gasteiger partial charge in [-0.1, -0.05) is 6.07 Å². The van der Waals surface area contributed by atoms with Crippen molar-refractivity contribution in [3.8, 4) is 0 Å². The Bertz CT molecular complexity index is 513. The molecular weight excluding hydrogens is 196 g/mol. The van der Waals surface area contributed by atoms with Gasteiger partial charge in [-0.05, 0) is 55.1 Å². The first-order valence-corrected chi connectivity index (χ1v) is 5.90. The highest BCUT2D eigenvalue weighted by Crippen LogP contribution is 2.25. The van der Waals surface area contributed by atoms with Gasteiger partial charge >= 0.3 is 0 Å². The number of hydrogen-bond donors (Lipinski definition) is 1. The summed E-state index contributed by atoms with van der Waals surface area (Å²) in [5, 5.41) is 4.68. The van der Waals surface area contributed by atoms with Crippen molar-refractivity contribution in [3.63, 3.8) is 0 Å². The largest absolute Gasteiger partial charge is 0.316 e. The normalized spacial score (nSPS) is 20.4. The predicted molar refractivity (Wildman–Crippen MR) is 66.7 cm³/mol. The third-order valence-corrected chi connectivity index (χ3v) is 3.37. The van der Waals surface area contributed by atoms with Crippen molar-refractivity contribution < 1.29 is 0 Å². The lowest BCUT2D eigenvalue weighted by atomic mass is 9.96. The molecular formula is C14H16N2. The van der Waals surface area contributed by atoms with Crippen LogP contribution in [0.25, 0.3) is 10.9 Å². The van der Waals surface area contributed by atoms with E-state index in [4.69, 9.17) is 0 Å². The van der Waals surface area contributed by atoms with Crippen molar-refractivity contribution in [2.24, 2.45) is 0 Å². The molecule has 82 valence electrons. The molecule has 0 saturated carbocycles. The Morgan fingerprint density at radius 1 is 1.31 bits per heavy atom. The number of rotatable bonds is 1. The molecule has 1 N–H and O–H groups in total. The topological polar surface area (TPSA) is 24.9 Å². The number of fused-ring (bicyclic) bond motifs is 1. The molecule has 2 heterocycles. The number of pyridine rings is 1. The number of hydrogen-bond acceptors (Lipinski definition) is 2. The average molecular weight is 212 g/mol. The van der Waals surface area contributed by atoms with Crippen molar-refractivity contribution in [1.82, 2.24) is 10.3 Å². The molecule has 1 aliphatic rings. The molecule has 0 radical (unpaired) electrons. The molecule has 16 heavy (non-hydrogen) atoms. The van der Waals surface area contributed by atoms with Crippen LogP contribution in [-0.2, 0) is 0 Å². The van der Waals surface area contributed by atoms with E-state index < -0.39 is 0 Å². The zero-order chi connectivity index (χ0) is 11.0. The van der Waals surface area contributed by atoms with E-state index in [0.29, 0.717) is 5.92 Å². The molecule has 1 saturated heterocycles. The van der Waals surface area contributed by atoms with Crippen molar-refractivity contribution in [3.05, 3.63) is 41.6 Å². The number of nitrogens with one attached hydrogen (secondary N) is 1. The molecule has 1 fully saturated rings. The van der Waals surface area contributed by atoms with Crippen LogP contribution in [0.5, 0.6) is 0 Å². The lowest BCUT2D eigenvalue weighted by molar-refractivity contribution is 0.764. The molecule has 0 amide bonds. The fourth-order valence-corrected chi connectivity index (χ4v) is 2.45. The number of nitrogens with zero attached hydrogens (tertiary/aromatic N) is 1. The zero-order valence-corrected chi connectivity index (χ0v) is 9.53. The molecule has 2 heteroatoms. The first kappa shape index (κ1) is 9.79. The van der Waals surface area contributed by atoms with Gasteiger partial charge in [0.1, 0.15) is 0 Å². The molecule has 1 unspecified atom stereocenters. The number of benzene rings is 1. The monoisotopic (exact) mass is 212 g/mol. The van der Waals surface area contributed by atoms with Gasteiger partial charge in [-0.25, -0.2) is 0 Å². The van der Waals surface area contributed by atoms with Gasteiger partial charge in [-0.2, -0.15) is 0 Å². The van der Waals surface area contributed by atoms with Gasteiger partial charge in [0.25, 0.3) is 0 Å². The van der Waals surface area contributed by atoms with E-state index in [1.165, 1.54) is 22.9 Å². The molecule has 1 atom stereocenters. The maximum Gasteiger partial charge on any atom is 0.0702 e. The van der Waals surface area contributed by atoms with Gasteiger partial charge < -0.3 is 5.32 Å². The molecule has 2 aromatic rings. The first-order chi connectivity index (χ1) is 7.83. The van der Waals surface area contributed by atoms with Crippen LogP contribution in [0.4, 0.5) is 0 Å². The molecule has 1 aromatic heterocycles. The first-order valence-electron chi connectivity index (χ1n) is 5.90. The number of aryl methyl sites for hydroxylation is 1. The molecule has 0 spiro atoms. The molecule has 1 aliphatic heterocycles. The second kappa shape index (κ2) is 3.87. The lowest BCUT2D eigenvalue weighted by Crippen LogP contribution is -2.07. The van der Waals surface area contributed by atoms with Crippen LogP contribution >= 0.6 is 0 Å². The second-order valence-electron chi connectivity index (χ2n) is 4.65. The minimum atomic E-state index is 0.685. The summed E-state index contributed by atoms with van der Waals surface area (Å²) < 4.78 is 0. The summed E-state index contributed by atoms with van der Waals surface area (Å²) in [4.78, 5) is 4.43. The van der Waals surface area contributed by atoms with Gasteiger partial charge in [-0.3, -0.25) is 4.98 Å². The van der Waals surface area contributed by atoms with Crippen molar-refractivity contribution in [2.75, 3.05) is 13.1 Å². The van der Waals surface area contributed by atoms with Crippen LogP contribution in [0.15, 0.2) is 30.5 Å². The van der Waals surface area contributed by atoms with Crippen molar-refractivity contribution >= 4 is 10.9 Å². The van der Waals surface area contributed by atoms with Crippen LogP contribution in [-0.4, -0.2) is 18.1 Å². The van der Waals surface area contributed by atoms with E-state index >= 15 is 0 Å². The average Bonchev–Trinajstić information content (AvgIpc) is 2.81. The number of aromatic nitrogens is 1.